The number of halogens is 1. The molecule has 0 unspecified atom stereocenters. The molecule has 0 atom stereocenters. The van der Waals surface area contributed by atoms with Gasteiger partial charge in [-0.25, -0.2) is 0 Å². The van der Waals surface area contributed by atoms with Gasteiger partial charge in [-0.3, -0.25) is 0 Å². The first-order chi connectivity index (χ1) is 4.41. The van der Waals surface area contributed by atoms with Gasteiger partial charge in [0.1, 0.15) is 0 Å². The third-order valence-corrected chi connectivity index (χ3v) is 2.34. The van der Waals surface area contributed by atoms with Crippen LogP contribution in [0.5, 0.6) is 0 Å². The largest absolute Gasteiger partial charge is 0.385 e. The summed E-state index contributed by atoms with van der Waals surface area (Å²) >= 11 is 7.34. The Hall–Kier alpha value is 0.600. The number of hydrogen-bond acceptors (Lipinski definition) is 2. The van der Waals surface area contributed by atoms with Crippen LogP contribution in [0.15, 0.2) is 0 Å². The molecule has 56 valence electrons. The second-order valence-electron chi connectivity index (χ2n) is 1.65. The van der Waals surface area contributed by atoms with E-state index in [9.17, 15) is 0 Å². The van der Waals surface area contributed by atoms with Crippen molar-refractivity contribution >= 4 is 23.4 Å². The molecule has 0 aliphatic rings. The summed E-state index contributed by atoms with van der Waals surface area (Å²) in [5.41, 5.74) is 0. The van der Waals surface area contributed by atoms with Crippen LogP contribution in [-0.4, -0.2) is 31.1 Å². The van der Waals surface area contributed by atoms with Crippen LogP contribution in [0.25, 0.3) is 0 Å². The van der Waals surface area contributed by atoms with Gasteiger partial charge in [0, 0.05) is 25.3 Å². The van der Waals surface area contributed by atoms with Gasteiger partial charge in [-0.2, -0.15) is 11.8 Å². The summed E-state index contributed by atoms with van der Waals surface area (Å²) in [6.07, 6.45) is 1.14. The molecule has 0 saturated heterocycles. The molecule has 0 heterocycles. The number of hydrogen-bond donors (Lipinski definition) is 0. The molecule has 0 amide bonds. The van der Waals surface area contributed by atoms with Crippen LogP contribution in [0.2, 0.25) is 0 Å². The summed E-state index contributed by atoms with van der Waals surface area (Å²) in [6, 6.07) is 0. The zero-order valence-electron chi connectivity index (χ0n) is 5.73. The maximum absolute atomic E-state index is 5.46. The van der Waals surface area contributed by atoms with Crippen LogP contribution < -0.4 is 0 Å². The van der Waals surface area contributed by atoms with E-state index in [1.807, 2.05) is 11.8 Å². The van der Waals surface area contributed by atoms with Crippen molar-refractivity contribution in [1.29, 1.82) is 0 Å². The predicted molar refractivity (Wildman–Crippen MR) is 44.5 cm³/mol. The van der Waals surface area contributed by atoms with E-state index >= 15 is 0 Å². The quantitative estimate of drug-likeness (QED) is 0.443. The highest BCUT2D eigenvalue weighted by Gasteiger charge is 1.86. The molecule has 9 heavy (non-hydrogen) atoms. The first kappa shape index (κ1) is 9.60. The number of ether oxygens (including phenoxy) is 1. The lowest BCUT2D eigenvalue weighted by atomic mass is 10.5. The van der Waals surface area contributed by atoms with Gasteiger partial charge in [0.15, 0.2) is 0 Å². The van der Waals surface area contributed by atoms with Crippen LogP contribution in [0, 0.1) is 0 Å². The van der Waals surface area contributed by atoms with E-state index in [4.69, 9.17) is 16.3 Å². The highest BCUT2D eigenvalue weighted by molar-refractivity contribution is 7.99. The maximum Gasteiger partial charge on any atom is 0.0470 e. The van der Waals surface area contributed by atoms with Gasteiger partial charge in [-0.1, -0.05) is 0 Å². The summed E-state index contributed by atoms with van der Waals surface area (Å²) in [7, 11) is 1.73. The second-order valence-corrected chi connectivity index (χ2v) is 3.25. The van der Waals surface area contributed by atoms with Crippen LogP contribution in [0.4, 0.5) is 0 Å². The molecular weight excluding hydrogens is 156 g/mol. The summed E-state index contributed by atoms with van der Waals surface area (Å²) in [4.78, 5) is 0. The Balaban J connectivity index is 2.60. The standard InChI is InChI=1S/C6H13ClOS/c1-8-4-2-5-9-6-3-7/h2-6H2,1H3. The van der Waals surface area contributed by atoms with E-state index in [1.54, 1.807) is 7.11 Å². The Morgan fingerprint density at radius 2 is 2.22 bits per heavy atom. The molecule has 0 N–H and O–H groups in total. The van der Waals surface area contributed by atoms with Crippen molar-refractivity contribution < 1.29 is 4.74 Å². The van der Waals surface area contributed by atoms with Crippen molar-refractivity contribution in [2.24, 2.45) is 0 Å². The molecule has 0 rings (SSSR count). The molecule has 1 nitrogen and oxygen atoms in total. The third-order valence-electron chi connectivity index (χ3n) is 0.859. The fraction of sp³-hybridized carbons (Fsp3) is 1.00. The summed E-state index contributed by atoms with van der Waals surface area (Å²) in [5.74, 6) is 2.99. The molecule has 0 spiro atoms. The van der Waals surface area contributed by atoms with Gasteiger partial charge in [0.2, 0.25) is 0 Å². The lowest BCUT2D eigenvalue weighted by Crippen LogP contribution is -1.91. The number of rotatable bonds is 6. The van der Waals surface area contributed by atoms with Crippen molar-refractivity contribution in [2.45, 2.75) is 6.42 Å². The Morgan fingerprint density at radius 1 is 1.44 bits per heavy atom. The van der Waals surface area contributed by atoms with Crippen LogP contribution in [0.1, 0.15) is 6.42 Å². The molecule has 0 aromatic rings. The minimum atomic E-state index is 0.762. The maximum atomic E-state index is 5.46. The highest BCUT2D eigenvalue weighted by atomic mass is 35.5. The van der Waals surface area contributed by atoms with Crippen molar-refractivity contribution in [3.8, 4) is 0 Å². The molecule has 3 heteroatoms. The molecule has 0 aliphatic heterocycles. The van der Waals surface area contributed by atoms with Crippen molar-refractivity contribution in [1.82, 2.24) is 0 Å². The van der Waals surface area contributed by atoms with E-state index in [2.05, 4.69) is 0 Å². The smallest absolute Gasteiger partial charge is 0.0470 e. The van der Waals surface area contributed by atoms with Crippen LogP contribution >= 0.6 is 23.4 Å². The van der Waals surface area contributed by atoms with Crippen LogP contribution in [-0.2, 0) is 4.74 Å². The van der Waals surface area contributed by atoms with E-state index in [0.717, 1.165) is 24.7 Å². The van der Waals surface area contributed by atoms with E-state index < -0.39 is 0 Å². The van der Waals surface area contributed by atoms with Gasteiger partial charge < -0.3 is 4.74 Å². The lowest BCUT2D eigenvalue weighted by Gasteiger charge is -1.96. The van der Waals surface area contributed by atoms with E-state index in [1.165, 1.54) is 5.75 Å². The molecule has 0 radical (unpaired) electrons. The lowest BCUT2D eigenvalue weighted by molar-refractivity contribution is 0.200. The van der Waals surface area contributed by atoms with Crippen LogP contribution in [0.3, 0.4) is 0 Å². The van der Waals surface area contributed by atoms with Gasteiger partial charge in [0.05, 0.1) is 0 Å². The van der Waals surface area contributed by atoms with Gasteiger partial charge in [-0.05, 0) is 12.2 Å². The predicted octanol–water partition coefficient (Wildman–Crippen LogP) is 1.99. The SMILES string of the molecule is COCCCSCCCl. The Labute approximate surface area is 66.1 Å². The number of methoxy groups -OCH3 is 1. The topological polar surface area (TPSA) is 9.23 Å². The van der Waals surface area contributed by atoms with Crippen molar-refractivity contribution in [3.63, 3.8) is 0 Å². The Morgan fingerprint density at radius 3 is 2.78 bits per heavy atom. The molecule has 0 aromatic carbocycles. The summed E-state index contributed by atoms with van der Waals surface area (Å²) in [5, 5.41) is 0. The molecule has 0 bridgehead atoms. The summed E-state index contributed by atoms with van der Waals surface area (Å²) < 4.78 is 4.88. The molecule has 0 saturated carbocycles. The number of alkyl halides is 1. The Bertz CT molecular complexity index is 46.3. The first-order valence-electron chi connectivity index (χ1n) is 3.04. The van der Waals surface area contributed by atoms with Gasteiger partial charge in [-0.15, -0.1) is 11.6 Å². The first-order valence-corrected chi connectivity index (χ1v) is 4.73. The zero-order chi connectivity index (χ0) is 6.95. The average Bonchev–Trinajstić information content (AvgIpc) is 1.89. The molecular formula is C6H13ClOS. The van der Waals surface area contributed by atoms with Gasteiger partial charge in [0.25, 0.3) is 0 Å². The average molecular weight is 169 g/mol. The van der Waals surface area contributed by atoms with Crippen molar-refractivity contribution in [3.05, 3.63) is 0 Å². The fourth-order valence-corrected chi connectivity index (χ4v) is 1.42. The minimum absolute atomic E-state index is 0.762. The number of thioether (sulfide) groups is 1. The fourth-order valence-electron chi connectivity index (χ4n) is 0.462. The minimum Gasteiger partial charge on any atom is -0.385 e. The molecule has 0 aromatic heterocycles. The van der Waals surface area contributed by atoms with E-state index in [0.29, 0.717) is 0 Å². The normalized spacial score (nSPS) is 10.0. The molecule has 0 fully saturated rings. The van der Waals surface area contributed by atoms with E-state index in [-0.39, 0.29) is 0 Å². The monoisotopic (exact) mass is 168 g/mol. The highest BCUT2D eigenvalue weighted by Crippen LogP contribution is 2.02. The second kappa shape index (κ2) is 8.60. The zero-order valence-corrected chi connectivity index (χ0v) is 7.30. The molecule has 0 aliphatic carbocycles. The van der Waals surface area contributed by atoms with Crippen molar-refractivity contribution in [2.75, 3.05) is 31.1 Å². The Kier molecular flexibility index (Phi) is 9.17. The van der Waals surface area contributed by atoms with Gasteiger partial charge >= 0.3 is 0 Å². The third kappa shape index (κ3) is 8.60. The summed E-state index contributed by atoms with van der Waals surface area (Å²) in [6.45, 7) is 0.870.